The van der Waals surface area contributed by atoms with Gasteiger partial charge in [-0.1, -0.05) is 0 Å². The number of rotatable bonds is 2. The van der Waals surface area contributed by atoms with E-state index in [-0.39, 0.29) is 0 Å². The fourth-order valence-corrected chi connectivity index (χ4v) is 1.45. The summed E-state index contributed by atoms with van der Waals surface area (Å²) in [6, 6.07) is 1.86. The van der Waals surface area contributed by atoms with Gasteiger partial charge in [0, 0.05) is 19.5 Å². The van der Waals surface area contributed by atoms with Crippen molar-refractivity contribution >= 4 is 16.7 Å². The van der Waals surface area contributed by atoms with Gasteiger partial charge in [-0.25, -0.2) is 4.98 Å². The van der Waals surface area contributed by atoms with Crippen LogP contribution in [-0.4, -0.2) is 21.9 Å². The molecule has 0 aromatic carbocycles. The first-order chi connectivity index (χ1) is 6.72. The van der Waals surface area contributed by atoms with Gasteiger partial charge in [0.15, 0.2) is 5.65 Å². The lowest BCUT2D eigenvalue weighted by molar-refractivity contribution is 0.179. The molecule has 0 radical (unpaired) electrons. The van der Waals surface area contributed by atoms with Crippen molar-refractivity contribution in [3.63, 3.8) is 0 Å². The molecule has 0 atom stereocenters. The van der Waals surface area contributed by atoms with Crippen LogP contribution >= 0.6 is 0 Å². The Morgan fingerprint density at radius 3 is 3.07 bits per heavy atom. The molecule has 0 saturated heterocycles. The van der Waals surface area contributed by atoms with Crippen LogP contribution < -0.4 is 5.73 Å². The predicted octanol–water partition coefficient (Wildman–Crippen LogP) is 0.697. The molecule has 0 aliphatic carbocycles. The molecule has 0 spiro atoms. The number of hydrogen-bond acceptors (Lipinski definition) is 4. The molecule has 0 saturated carbocycles. The number of anilines is 1. The highest BCUT2D eigenvalue weighted by Gasteiger charge is 2.09. The van der Waals surface area contributed by atoms with Gasteiger partial charge in [-0.15, -0.1) is 0 Å². The van der Waals surface area contributed by atoms with Gasteiger partial charge in [0.25, 0.3) is 0 Å². The van der Waals surface area contributed by atoms with Crippen molar-refractivity contribution in [3.8, 4) is 0 Å². The van der Waals surface area contributed by atoms with Gasteiger partial charge in [-0.3, -0.25) is 4.68 Å². The van der Waals surface area contributed by atoms with E-state index in [1.807, 2.05) is 13.1 Å². The summed E-state index contributed by atoms with van der Waals surface area (Å²) in [6.45, 7) is 0.512. The highest BCUT2D eigenvalue weighted by atomic mass is 16.5. The molecule has 14 heavy (non-hydrogen) atoms. The van der Waals surface area contributed by atoms with Gasteiger partial charge < -0.3 is 10.5 Å². The van der Waals surface area contributed by atoms with E-state index in [1.54, 1.807) is 18.0 Å². The number of hydrogen-bond donors (Lipinski definition) is 1. The summed E-state index contributed by atoms with van der Waals surface area (Å²) in [5, 5.41) is 5.20. The third-order valence-corrected chi connectivity index (χ3v) is 2.12. The number of nitrogens with zero attached hydrogens (tertiary/aromatic N) is 3. The van der Waals surface area contributed by atoms with Crippen molar-refractivity contribution in [2.24, 2.45) is 7.05 Å². The number of aryl methyl sites for hydroxylation is 1. The smallest absolute Gasteiger partial charge is 0.181 e. The Balaban J connectivity index is 2.66. The first-order valence-corrected chi connectivity index (χ1v) is 4.28. The molecular formula is C9H12N4O. The molecule has 5 nitrogen and oxygen atoms in total. The number of fused-ring (bicyclic) bond motifs is 1. The van der Waals surface area contributed by atoms with Crippen molar-refractivity contribution in [3.05, 3.63) is 18.0 Å². The predicted molar refractivity (Wildman–Crippen MR) is 53.6 cm³/mol. The number of nitrogens with two attached hydrogens (primary N) is 1. The zero-order valence-electron chi connectivity index (χ0n) is 8.19. The van der Waals surface area contributed by atoms with Gasteiger partial charge in [0.05, 0.1) is 24.2 Å². The monoisotopic (exact) mass is 192 g/mol. The molecule has 2 aromatic rings. The van der Waals surface area contributed by atoms with Crippen molar-refractivity contribution in [1.82, 2.24) is 14.8 Å². The topological polar surface area (TPSA) is 66.0 Å². The highest BCUT2D eigenvalue weighted by molar-refractivity contribution is 5.80. The van der Waals surface area contributed by atoms with Gasteiger partial charge in [-0.05, 0) is 6.07 Å². The summed E-state index contributed by atoms with van der Waals surface area (Å²) >= 11 is 0. The molecule has 0 aliphatic heterocycles. The lowest BCUT2D eigenvalue weighted by atomic mass is 10.2. The molecule has 5 heteroatoms. The third kappa shape index (κ3) is 1.31. The second kappa shape index (κ2) is 3.26. The lowest BCUT2D eigenvalue weighted by Crippen LogP contribution is -1.99. The van der Waals surface area contributed by atoms with Crippen LogP contribution in [0.3, 0.4) is 0 Å². The third-order valence-electron chi connectivity index (χ3n) is 2.12. The summed E-state index contributed by atoms with van der Waals surface area (Å²) in [5.74, 6) is 0. The van der Waals surface area contributed by atoms with E-state index < -0.39 is 0 Å². The molecule has 2 N–H and O–H groups in total. The quantitative estimate of drug-likeness (QED) is 0.760. The fourth-order valence-electron chi connectivity index (χ4n) is 1.45. The minimum absolute atomic E-state index is 0.512. The average molecular weight is 192 g/mol. The van der Waals surface area contributed by atoms with Crippen molar-refractivity contribution in [2.75, 3.05) is 12.8 Å². The van der Waals surface area contributed by atoms with Crippen molar-refractivity contribution in [2.45, 2.75) is 6.61 Å². The molecule has 0 amide bonds. The van der Waals surface area contributed by atoms with Crippen LogP contribution in [0.25, 0.3) is 11.0 Å². The van der Waals surface area contributed by atoms with E-state index in [1.165, 1.54) is 0 Å². The Morgan fingerprint density at radius 1 is 1.57 bits per heavy atom. The minimum atomic E-state index is 0.512. The lowest BCUT2D eigenvalue weighted by Gasteiger charge is -1.99. The van der Waals surface area contributed by atoms with Crippen LogP contribution in [0.15, 0.2) is 12.3 Å². The summed E-state index contributed by atoms with van der Waals surface area (Å²) in [5.41, 5.74) is 7.99. The normalized spacial score (nSPS) is 11.0. The number of aromatic nitrogens is 3. The van der Waals surface area contributed by atoms with Crippen LogP contribution in [0.4, 0.5) is 5.69 Å². The van der Waals surface area contributed by atoms with E-state index in [0.29, 0.717) is 17.9 Å². The fraction of sp³-hybridized carbons (Fsp3) is 0.333. The van der Waals surface area contributed by atoms with E-state index >= 15 is 0 Å². The van der Waals surface area contributed by atoms with Gasteiger partial charge in [0.2, 0.25) is 0 Å². The van der Waals surface area contributed by atoms with Gasteiger partial charge in [-0.2, -0.15) is 5.10 Å². The standard InChI is InChI=1S/C9H12N4O/c1-13-8(5-14-2)7-3-6(10)4-11-9(7)12-13/h3-4H,5,10H2,1-2H3. The highest BCUT2D eigenvalue weighted by Crippen LogP contribution is 2.18. The van der Waals surface area contributed by atoms with Crippen LogP contribution in [0.2, 0.25) is 0 Å². The van der Waals surface area contributed by atoms with Crippen LogP contribution in [0.1, 0.15) is 5.69 Å². The molecule has 0 unspecified atom stereocenters. The van der Waals surface area contributed by atoms with Gasteiger partial charge >= 0.3 is 0 Å². The second-order valence-electron chi connectivity index (χ2n) is 3.14. The molecule has 2 heterocycles. The Hall–Kier alpha value is -1.62. The number of pyridine rings is 1. The Labute approximate surface area is 81.5 Å². The zero-order chi connectivity index (χ0) is 10.1. The number of methoxy groups -OCH3 is 1. The summed E-state index contributed by atoms with van der Waals surface area (Å²) in [4.78, 5) is 4.13. The van der Waals surface area contributed by atoms with E-state index in [9.17, 15) is 0 Å². The largest absolute Gasteiger partial charge is 0.397 e. The average Bonchev–Trinajstić information content (AvgIpc) is 2.45. The van der Waals surface area contributed by atoms with Crippen molar-refractivity contribution in [1.29, 1.82) is 0 Å². The molecule has 0 aliphatic rings. The zero-order valence-corrected chi connectivity index (χ0v) is 8.19. The van der Waals surface area contributed by atoms with Gasteiger partial charge in [0.1, 0.15) is 0 Å². The Morgan fingerprint density at radius 2 is 2.36 bits per heavy atom. The van der Waals surface area contributed by atoms with E-state index in [0.717, 1.165) is 11.1 Å². The maximum atomic E-state index is 5.66. The molecule has 2 rings (SSSR count). The van der Waals surface area contributed by atoms with E-state index in [4.69, 9.17) is 10.5 Å². The van der Waals surface area contributed by atoms with E-state index in [2.05, 4.69) is 10.1 Å². The molecule has 74 valence electrons. The molecule has 0 fully saturated rings. The first kappa shape index (κ1) is 8.96. The Kier molecular flexibility index (Phi) is 2.09. The minimum Gasteiger partial charge on any atom is -0.397 e. The number of nitrogen functional groups attached to an aromatic ring is 1. The molecule has 2 aromatic heterocycles. The maximum Gasteiger partial charge on any atom is 0.181 e. The van der Waals surface area contributed by atoms with Crippen molar-refractivity contribution < 1.29 is 4.74 Å². The summed E-state index contributed by atoms with van der Waals surface area (Å²) in [6.07, 6.45) is 1.60. The Bertz CT molecular complexity index is 463. The molecular weight excluding hydrogens is 180 g/mol. The van der Waals surface area contributed by atoms with Crippen LogP contribution in [-0.2, 0) is 18.4 Å². The summed E-state index contributed by atoms with van der Waals surface area (Å²) in [7, 11) is 3.52. The summed E-state index contributed by atoms with van der Waals surface area (Å²) < 4.78 is 6.85. The first-order valence-electron chi connectivity index (χ1n) is 4.28. The second-order valence-corrected chi connectivity index (χ2v) is 3.14. The maximum absolute atomic E-state index is 5.66. The van der Waals surface area contributed by atoms with Crippen LogP contribution in [0.5, 0.6) is 0 Å². The SMILES string of the molecule is COCc1c2cc(N)cnc2nn1C. The van der Waals surface area contributed by atoms with Crippen LogP contribution in [0, 0.1) is 0 Å². The molecule has 0 bridgehead atoms. The number of ether oxygens (including phenoxy) is 1.